The number of hydrogen-bond donors (Lipinski definition) is 0. The Morgan fingerprint density at radius 3 is 2.56 bits per heavy atom. The lowest BCUT2D eigenvalue weighted by atomic mass is 10.1. The fourth-order valence-corrected chi connectivity index (χ4v) is 3.01. The molecule has 1 fully saturated rings. The summed E-state index contributed by atoms with van der Waals surface area (Å²) in [6.45, 7) is 1.22. The molecular weight excluding hydrogens is 346 g/mol. The van der Waals surface area contributed by atoms with Crippen molar-refractivity contribution in [2.75, 3.05) is 18.0 Å². The summed E-state index contributed by atoms with van der Waals surface area (Å²) >= 11 is 6.11. The molecule has 130 valence electrons. The van der Waals surface area contributed by atoms with Crippen LogP contribution in [0.5, 0.6) is 0 Å². The number of halogens is 1. The molecule has 8 heteroatoms. The third-order valence-corrected chi connectivity index (χ3v) is 4.32. The van der Waals surface area contributed by atoms with Gasteiger partial charge < -0.3 is 9.64 Å². The zero-order valence-electron chi connectivity index (χ0n) is 13.3. The molecule has 0 aliphatic carbocycles. The van der Waals surface area contributed by atoms with Crippen LogP contribution in [0.2, 0.25) is 5.02 Å². The molecule has 1 aliphatic rings. The molecule has 2 heterocycles. The van der Waals surface area contributed by atoms with Gasteiger partial charge in [-0.15, -0.1) is 0 Å². The highest BCUT2D eigenvalue weighted by molar-refractivity contribution is 6.33. The number of anilines is 1. The zero-order valence-corrected chi connectivity index (χ0v) is 14.1. The number of benzene rings is 1. The largest absolute Gasteiger partial charge is 0.459 e. The quantitative estimate of drug-likeness (QED) is 0.471. The summed E-state index contributed by atoms with van der Waals surface area (Å²) in [7, 11) is 0. The van der Waals surface area contributed by atoms with Crippen molar-refractivity contribution in [2.24, 2.45) is 0 Å². The van der Waals surface area contributed by atoms with Gasteiger partial charge in [0.1, 0.15) is 18.1 Å². The third-order valence-electron chi connectivity index (χ3n) is 4.04. The number of piperidine rings is 1. The first-order chi connectivity index (χ1) is 12.0. The lowest BCUT2D eigenvalue weighted by Crippen LogP contribution is -2.38. The normalized spacial score (nSPS) is 15.0. The smallest absolute Gasteiger partial charge is 0.338 e. The molecule has 1 aromatic carbocycles. The van der Waals surface area contributed by atoms with Gasteiger partial charge in [0.2, 0.25) is 0 Å². The molecule has 1 aromatic heterocycles. The van der Waals surface area contributed by atoms with Crippen LogP contribution in [-0.2, 0) is 4.74 Å². The van der Waals surface area contributed by atoms with E-state index in [1.54, 1.807) is 24.3 Å². The number of pyridine rings is 1. The minimum Gasteiger partial charge on any atom is -0.459 e. The van der Waals surface area contributed by atoms with E-state index in [9.17, 15) is 14.9 Å². The van der Waals surface area contributed by atoms with E-state index in [1.165, 1.54) is 12.3 Å². The molecular formula is C17H16ClN3O4. The Morgan fingerprint density at radius 2 is 1.96 bits per heavy atom. The molecule has 0 amide bonds. The number of ether oxygens (including phenoxy) is 1. The molecule has 0 unspecified atom stereocenters. The second-order valence-corrected chi connectivity index (χ2v) is 6.12. The van der Waals surface area contributed by atoms with Crippen molar-refractivity contribution in [3.63, 3.8) is 0 Å². The van der Waals surface area contributed by atoms with Crippen LogP contribution in [0.3, 0.4) is 0 Å². The van der Waals surface area contributed by atoms with Crippen LogP contribution in [-0.4, -0.2) is 35.1 Å². The summed E-state index contributed by atoms with van der Waals surface area (Å²) in [6.07, 6.45) is 2.32. The monoisotopic (exact) mass is 361 g/mol. The molecule has 0 spiro atoms. The maximum atomic E-state index is 12.1. The van der Waals surface area contributed by atoms with E-state index in [0.717, 1.165) is 0 Å². The minimum absolute atomic E-state index is 0.138. The van der Waals surface area contributed by atoms with E-state index in [4.69, 9.17) is 16.3 Å². The van der Waals surface area contributed by atoms with Crippen LogP contribution in [0.25, 0.3) is 0 Å². The molecule has 7 nitrogen and oxygen atoms in total. The maximum Gasteiger partial charge on any atom is 0.338 e. The minimum atomic E-state index is -0.530. The highest BCUT2D eigenvalue weighted by Crippen LogP contribution is 2.29. The SMILES string of the molecule is O=C(OC1CCN(c2ncc([N+](=O)[O-])cc2Cl)CC1)c1ccccc1. The number of rotatable bonds is 4. The number of nitro groups is 1. The molecule has 2 aromatic rings. The van der Waals surface area contributed by atoms with Crippen molar-refractivity contribution in [1.82, 2.24) is 4.98 Å². The van der Waals surface area contributed by atoms with Crippen LogP contribution in [0.15, 0.2) is 42.6 Å². The molecule has 0 atom stereocenters. The highest BCUT2D eigenvalue weighted by atomic mass is 35.5. The van der Waals surface area contributed by atoms with Crippen LogP contribution < -0.4 is 4.90 Å². The Labute approximate surface area is 149 Å². The molecule has 0 radical (unpaired) electrons. The first kappa shape index (κ1) is 17.2. The second-order valence-electron chi connectivity index (χ2n) is 5.71. The van der Waals surface area contributed by atoms with Crippen molar-refractivity contribution >= 4 is 29.1 Å². The molecule has 0 bridgehead atoms. The summed E-state index contributed by atoms with van der Waals surface area (Å²) in [5.74, 6) is 0.186. The van der Waals surface area contributed by atoms with Gasteiger partial charge in [-0.25, -0.2) is 9.78 Å². The molecule has 3 rings (SSSR count). The standard InChI is InChI=1S/C17H16ClN3O4/c18-15-10-13(21(23)24)11-19-16(15)20-8-6-14(7-9-20)25-17(22)12-4-2-1-3-5-12/h1-5,10-11,14H,6-9H2. The molecule has 0 N–H and O–H groups in total. The highest BCUT2D eigenvalue weighted by Gasteiger charge is 2.25. The van der Waals surface area contributed by atoms with Crippen LogP contribution >= 0.6 is 11.6 Å². The fraction of sp³-hybridized carbons (Fsp3) is 0.294. The summed E-state index contributed by atoms with van der Waals surface area (Å²) < 4.78 is 5.53. The summed E-state index contributed by atoms with van der Waals surface area (Å²) in [5.41, 5.74) is 0.394. The van der Waals surface area contributed by atoms with E-state index in [1.807, 2.05) is 11.0 Å². The van der Waals surface area contributed by atoms with E-state index < -0.39 is 4.92 Å². The van der Waals surface area contributed by atoms with Gasteiger partial charge in [0.25, 0.3) is 5.69 Å². The van der Waals surface area contributed by atoms with Crippen molar-refractivity contribution in [1.29, 1.82) is 0 Å². The van der Waals surface area contributed by atoms with Crippen LogP contribution in [0.1, 0.15) is 23.2 Å². The summed E-state index contributed by atoms with van der Waals surface area (Å²) in [6, 6.07) is 10.2. The third kappa shape index (κ3) is 4.06. The lowest BCUT2D eigenvalue weighted by Gasteiger charge is -2.32. The number of hydrogen-bond acceptors (Lipinski definition) is 6. The van der Waals surface area contributed by atoms with Crippen LogP contribution in [0.4, 0.5) is 11.5 Å². The summed E-state index contributed by atoms with van der Waals surface area (Å²) in [5, 5.41) is 11.0. The van der Waals surface area contributed by atoms with Gasteiger partial charge in [-0.3, -0.25) is 10.1 Å². The maximum absolute atomic E-state index is 12.1. The predicted octanol–water partition coefficient (Wildman–Crippen LogP) is 3.47. The number of carbonyl (C=O) groups excluding carboxylic acids is 1. The fourth-order valence-electron chi connectivity index (χ4n) is 2.73. The number of aromatic nitrogens is 1. The Kier molecular flexibility index (Phi) is 5.14. The van der Waals surface area contributed by atoms with Gasteiger partial charge in [-0.1, -0.05) is 29.8 Å². The Hall–Kier alpha value is -2.67. The van der Waals surface area contributed by atoms with E-state index in [2.05, 4.69) is 4.98 Å². The molecule has 25 heavy (non-hydrogen) atoms. The average molecular weight is 362 g/mol. The van der Waals surface area contributed by atoms with Gasteiger partial charge in [0, 0.05) is 32.0 Å². The van der Waals surface area contributed by atoms with Crippen molar-refractivity contribution in [2.45, 2.75) is 18.9 Å². The van der Waals surface area contributed by atoms with Gasteiger partial charge in [-0.2, -0.15) is 0 Å². The van der Waals surface area contributed by atoms with Gasteiger partial charge in [0.15, 0.2) is 0 Å². The van der Waals surface area contributed by atoms with Gasteiger partial charge >= 0.3 is 5.97 Å². The van der Waals surface area contributed by atoms with Gasteiger partial charge in [-0.05, 0) is 12.1 Å². The first-order valence-corrected chi connectivity index (χ1v) is 8.23. The Balaban J connectivity index is 1.59. The lowest BCUT2D eigenvalue weighted by molar-refractivity contribution is -0.385. The Bertz CT molecular complexity index is 777. The van der Waals surface area contributed by atoms with E-state index in [0.29, 0.717) is 37.3 Å². The number of nitrogens with zero attached hydrogens (tertiary/aromatic N) is 3. The van der Waals surface area contributed by atoms with Crippen molar-refractivity contribution in [3.8, 4) is 0 Å². The first-order valence-electron chi connectivity index (χ1n) is 7.85. The molecule has 1 aliphatic heterocycles. The predicted molar refractivity (Wildman–Crippen MR) is 93.0 cm³/mol. The Morgan fingerprint density at radius 1 is 1.28 bits per heavy atom. The summed E-state index contributed by atoms with van der Waals surface area (Å²) in [4.78, 5) is 28.3. The molecule has 1 saturated heterocycles. The van der Waals surface area contributed by atoms with Crippen molar-refractivity contribution in [3.05, 3.63) is 63.3 Å². The van der Waals surface area contributed by atoms with Crippen LogP contribution in [0, 0.1) is 10.1 Å². The zero-order chi connectivity index (χ0) is 17.8. The van der Waals surface area contributed by atoms with Crippen molar-refractivity contribution < 1.29 is 14.5 Å². The topological polar surface area (TPSA) is 85.6 Å². The van der Waals surface area contributed by atoms with Gasteiger partial charge in [0.05, 0.1) is 15.5 Å². The van der Waals surface area contributed by atoms with E-state index in [-0.39, 0.29) is 22.8 Å². The molecule has 0 saturated carbocycles. The second kappa shape index (κ2) is 7.48. The number of esters is 1. The van der Waals surface area contributed by atoms with E-state index >= 15 is 0 Å². The average Bonchev–Trinajstić information content (AvgIpc) is 2.63. The number of carbonyl (C=O) groups is 1.